The average Bonchev–Trinajstić information content (AvgIpc) is 2.33. The fraction of sp³-hybridized carbons (Fsp3) is 0.846. The predicted octanol–water partition coefficient (Wildman–Crippen LogP) is 0.929. The molecule has 0 saturated carbocycles. The van der Waals surface area contributed by atoms with E-state index in [0.29, 0.717) is 19.6 Å². The number of rotatable bonds is 6. The van der Waals surface area contributed by atoms with Crippen LogP contribution in [0, 0.1) is 0 Å². The van der Waals surface area contributed by atoms with E-state index in [9.17, 15) is 9.59 Å². The van der Waals surface area contributed by atoms with Gasteiger partial charge in [0.2, 0.25) is 5.91 Å². The van der Waals surface area contributed by atoms with Gasteiger partial charge < -0.3 is 9.64 Å². The molecule has 2 unspecified atom stereocenters. The molecule has 1 saturated heterocycles. The first-order chi connectivity index (χ1) is 8.58. The number of carbonyl (C=O) groups excluding carboxylic acids is 2. The molecule has 0 aromatic carbocycles. The van der Waals surface area contributed by atoms with Crippen LogP contribution in [0.25, 0.3) is 0 Å². The van der Waals surface area contributed by atoms with Gasteiger partial charge in [0.15, 0.2) is 0 Å². The number of nitrogens with zero attached hydrogens (tertiary/aromatic N) is 1. The van der Waals surface area contributed by atoms with Crippen molar-refractivity contribution in [3.05, 3.63) is 0 Å². The number of piperidine rings is 1. The molecule has 5 nitrogen and oxygen atoms in total. The Morgan fingerprint density at radius 3 is 2.83 bits per heavy atom. The molecule has 2 atom stereocenters. The number of carbonyl (C=O) groups is 2. The number of esters is 1. The second-order valence-electron chi connectivity index (χ2n) is 4.77. The first-order valence-corrected chi connectivity index (χ1v) is 6.75. The molecule has 1 rings (SSSR count). The van der Waals surface area contributed by atoms with E-state index in [1.165, 1.54) is 0 Å². The van der Waals surface area contributed by atoms with E-state index in [1.807, 2.05) is 13.8 Å². The fourth-order valence-corrected chi connectivity index (χ4v) is 2.23. The van der Waals surface area contributed by atoms with E-state index < -0.39 is 0 Å². The molecule has 0 bridgehead atoms. The van der Waals surface area contributed by atoms with Gasteiger partial charge in [-0.25, -0.2) is 0 Å². The highest BCUT2D eigenvalue weighted by Gasteiger charge is 2.27. The number of amides is 1. The molecule has 1 aliphatic rings. The Morgan fingerprint density at radius 2 is 2.28 bits per heavy atom. The molecule has 0 spiro atoms. The van der Waals surface area contributed by atoms with Crippen LogP contribution in [-0.4, -0.2) is 49.1 Å². The first kappa shape index (κ1) is 15.0. The number of hydrogen-bond donors (Lipinski definition) is 1. The number of nitrogens with one attached hydrogen (secondary N) is 1. The van der Waals surface area contributed by atoms with Crippen LogP contribution in [0.5, 0.6) is 0 Å². The molecule has 0 radical (unpaired) electrons. The van der Waals surface area contributed by atoms with Gasteiger partial charge >= 0.3 is 5.97 Å². The summed E-state index contributed by atoms with van der Waals surface area (Å²) < 4.78 is 5.06. The van der Waals surface area contributed by atoms with Crippen molar-refractivity contribution in [1.82, 2.24) is 10.2 Å². The van der Waals surface area contributed by atoms with Crippen molar-refractivity contribution in [2.45, 2.75) is 51.6 Å². The van der Waals surface area contributed by atoms with Crippen molar-refractivity contribution in [2.24, 2.45) is 0 Å². The SMILES string of the molecule is CCCC(NC1CCC(=O)N(C)C1)C(=O)OCC. The number of hydrogen-bond acceptors (Lipinski definition) is 4. The Labute approximate surface area is 109 Å². The summed E-state index contributed by atoms with van der Waals surface area (Å²) in [6.45, 7) is 4.93. The largest absolute Gasteiger partial charge is 0.465 e. The lowest BCUT2D eigenvalue weighted by Gasteiger charge is -2.32. The van der Waals surface area contributed by atoms with Gasteiger partial charge in [0, 0.05) is 26.1 Å². The van der Waals surface area contributed by atoms with Crippen LogP contribution in [0.4, 0.5) is 0 Å². The summed E-state index contributed by atoms with van der Waals surface area (Å²) in [5.41, 5.74) is 0. The van der Waals surface area contributed by atoms with Gasteiger partial charge in [-0.15, -0.1) is 0 Å². The Bertz CT molecular complexity index is 294. The Kier molecular flexibility index (Phi) is 6.12. The number of ether oxygens (including phenoxy) is 1. The molecule has 18 heavy (non-hydrogen) atoms. The smallest absolute Gasteiger partial charge is 0.323 e. The maximum Gasteiger partial charge on any atom is 0.323 e. The van der Waals surface area contributed by atoms with Gasteiger partial charge in [-0.1, -0.05) is 13.3 Å². The normalized spacial score (nSPS) is 21.8. The quantitative estimate of drug-likeness (QED) is 0.718. The monoisotopic (exact) mass is 256 g/mol. The fourth-order valence-electron chi connectivity index (χ4n) is 2.23. The molecule has 0 aliphatic carbocycles. The van der Waals surface area contributed by atoms with Gasteiger partial charge in [0.05, 0.1) is 6.61 Å². The number of likely N-dealkylation sites (tertiary alicyclic amines) is 1. The zero-order chi connectivity index (χ0) is 13.5. The number of likely N-dealkylation sites (N-methyl/N-ethyl adjacent to an activating group) is 1. The zero-order valence-corrected chi connectivity index (χ0v) is 11.6. The van der Waals surface area contributed by atoms with Crippen molar-refractivity contribution in [3.63, 3.8) is 0 Å². The summed E-state index contributed by atoms with van der Waals surface area (Å²) in [6, 6.07) is -0.0600. The molecular formula is C13H24N2O3. The second kappa shape index (κ2) is 7.36. The molecule has 104 valence electrons. The van der Waals surface area contributed by atoms with E-state index in [4.69, 9.17) is 4.74 Å². The van der Waals surface area contributed by atoms with Crippen molar-refractivity contribution >= 4 is 11.9 Å². The van der Waals surface area contributed by atoms with Crippen molar-refractivity contribution in [1.29, 1.82) is 0 Å². The van der Waals surface area contributed by atoms with E-state index in [0.717, 1.165) is 19.3 Å². The average molecular weight is 256 g/mol. The minimum atomic E-state index is -0.249. The molecule has 5 heteroatoms. The zero-order valence-electron chi connectivity index (χ0n) is 11.6. The molecular weight excluding hydrogens is 232 g/mol. The summed E-state index contributed by atoms with van der Waals surface area (Å²) >= 11 is 0. The standard InChI is InChI=1S/C13H24N2O3/c1-4-6-11(13(17)18-5-2)14-10-7-8-12(16)15(3)9-10/h10-11,14H,4-9H2,1-3H3. The lowest BCUT2D eigenvalue weighted by Crippen LogP contribution is -2.52. The highest BCUT2D eigenvalue weighted by Crippen LogP contribution is 2.12. The highest BCUT2D eigenvalue weighted by atomic mass is 16.5. The van der Waals surface area contributed by atoms with Crippen LogP contribution in [-0.2, 0) is 14.3 Å². The van der Waals surface area contributed by atoms with Crippen LogP contribution in [0.1, 0.15) is 39.5 Å². The minimum Gasteiger partial charge on any atom is -0.465 e. The Hall–Kier alpha value is -1.10. The van der Waals surface area contributed by atoms with Crippen LogP contribution in [0.2, 0.25) is 0 Å². The van der Waals surface area contributed by atoms with E-state index in [1.54, 1.807) is 11.9 Å². The van der Waals surface area contributed by atoms with Crippen molar-refractivity contribution in [3.8, 4) is 0 Å². The summed E-state index contributed by atoms with van der Waals surface area (Å²) in [4.78, 5) is 24.9. The third-order valence-corrected chi connectivity index (χ3v) is 3.21. The van der Waals surface area contributed by atoms with Crippen LogP contribution >= 0.6 is 0 Å². The maximum absolute atomic E-state index is 11.8. The highest BCUT2D eigenvalue weighted by molar-refractivity contribution is 5.77. The van der Waals surface area contributed by atoms with E-state index in [2.05, 4.69) is 5.32 Å². The van der Waals surface area contributed by atoms with Gasteiger partial charge in [-0.3, -0.25) is 14.9 Å². The summed E-state index contributed by atoms with van der Waals surface area (Å²) in [6.07, 6.45) is 3.05. The minimum absolute atomic E-state index is 0.177. The van der Waals surface area contributed by atoms with E-state index >= 15 is 0 Å². The lowest BCUT2D eigenvalue weighted by molar-refractivity contribution is -0.146. The molecule has 1 N–H and O–H groups in total. The molecule has 0 aromatic rings. The van der Waals surface area contributed by atoms with Gasteiger partial charge in [0.1, 0.15) is 6.04 Å². The molecule has 1 aliphatic heterocycles. The second-order valence-corrected chi connectivity index (χ2v) is 4.77. The van der Waals surface area contributed by atoms with Crippen LogP contribution in [0.15, 0.2) is 0 Å². The maximum atomic E-state index is 11.8. The predicted molar refractivity (Wildman–Crippen MR) is 69.1 cm³/mol. The molecule has 1 amide bonds. The van der Waals surface area contributed by atoms with Gasteiger partial charge in [-0.2, -0.15) is 0 Å². The van der Waals surface area contributed by atoms with Crippen LogP contribution in [0.3, 0.4) is 0 Å². The van der Waals surface area contributed by atoms with Crippen molar-refractivity contribution in [2.75, 3.05) is 20.2 Å². The topological polar surface area (TPSA) is 58.6 Å². The molecule has 0 aromatic heterocycles. The lowest BCUT2D eigenvalue weighted by atomic mass is 10.0. The first-order valence-electron chi connectivity index (χ1n) is 6.75. The third kappa shape index (κ3) is 4.29. The molecule has 1 fully saturated rings. The summed E-state index contributed by atoms with van der Waals surface area (Å²) in [5.74, 6) is -0.00451. The summed E-state index contributed by atoms with van der Waals surface area (Å²) in [7, 11) is 1.80. The Morgan fingerprint density at radius 1 is 1.56 bits per heavy atom. The van der Waals surface area contributed by atoms with Gasteiger partial charge in [0.25, 0.3) is 0 Å². The molecule has 1 heterocycles. The van der Waals surface area contributed by atoms with E-state index in [-0.39, 0.29) is 24.0 Å². The Balaban J connectivity index is 2.50. The third-order valence-electron chi connectivity index (χ3n) is 3.21. The van der Waals surface area contributed by atoms with Crippen LogP contribution < -0.4 is 5.32 Å². The van der Waals surface area contributed by atoms with Gasteiger partial charge in [-0.05, 0) is 19.8 Å². The van der Waals surface area contributed by atoms with Crippen molar-refractivity contribution < 1.29 is 14.3 Å². The summed E-state index contributed by atoms with van der Waals surface area (Å²) in [5, 5.41) is 3.32.